The van der Waals surface area contributed by atoms with E-state index in [1.807, 2.05) is 24.3 Å². The Balaban J connectivity index is 1.44. The third-order valence-corrected chi connectivity index (χ3v) is 5.21. The van der Waals surface area contributed by atoms with Crippen molar-refractivity contribution < 1.29 is 14.5 Å². The Labute approximate surface area is 178 Å². The molecule has 1 aliphatic heterocycles. The number of carbonyl (C=O) groups is 1. The standard InChI is InChI=1S/C21H22N6O4/c1-31-20-10-3-2-9-19(20)25-11-5-6-15(13-25)22-21(28)18-14-26(24-23-18)16-7-4-8-17(12-16)27(29)30/h2-4,7-10,12,14-15H,5-6,11,13H2,1H3,(H,22,28). The van der Waals surface area contributed by atoms with Crippen LogP contribution in [0.15, 0.2) is 54.7 Å². The molecule has 1 N–H and O–H groups in total. The van der Waals surface area contributed by atoms with Crippen molar-refractivity contribution in [1.29, 1.82) is 0 Å². The van der Waals surface area contributed by atoms with Crippen molar-refractivity contribution in [2.24, 2.45) is 0 Å². The van der Waals surface area contributed by atoms with Crippen LogP contribution < -0.4 is 15.0 Å². The number of nitro groups is 1. The summed E-state index contributed by atoms with van der Waals surface area (Å²) in [6.07, 6.45) is 3.26. The van der Waals surface area contributed by atoms with E-state index in [9.17, 15) is 14.9 Å². The van der Waals surface area contributed by atoms with E-state index in [2.05, 4.69) is 20.5 Å². The van der Waals surface area contributed by atoms with Crippen LogP contribution in [0.4, 0.5) is 11.4 Å². The zero-order valence-corrected chi connectivity index (χ0v) is 17.0. The molecule has 2 heterocycles. The summed E-state index contributed by atoms with van der Waals surface area (Å²) in [6, 6.07) is 13.8. The maximum absolute atomic E-state index is 12.7. The van der Waals surface area contributed by atoms with Crippen molar-refractivity contribution in [3.05, 3.63) is 70.5 Å². The summed E-state index contributed by atoms with van der Waals surface area (Å²) in [4.78, 5) is 25.4. The maximum atomic E-state index is 12.7. The lowest BCUT2D eigenvalue weighted by Crippen LogP contribution is -2.48. The Morgan fingerprint density at radius 2 is 2.10 bits per heavy atom. The number of carbonyl (C=O) groups excluding carboxylic acids is 1. The van der Waals surface area contributed by atoms with Gasteiger partial charge in [-0.2, -0.15) is 0 Å². The molecule has 160 valence electrons. The number of para-hydroxylation sites is 2. The molecule has 1 fully saturated rings. The van der Waals surface area contributed by atoms with Gasteiger partial charge in [0.1, 0.15) is 5.75 Å². The fourth-order valence-corrected chi connectivity index (χ4v) is 3.71. The number of anilines is 1. The molecule has 0 spiro atoms. The molecule has 2 aromatic carbocycles. The number of nitro benzene ring substituents is 1. The number of methoxy groups -OCH3 is 1. The topological polar surface area (TPSA) is 115 Å². The van der Waals surface area contributed by atoms with Crippen LogP contribution in [0.3, 0.4) is 0 Å². The lowest BCUT2D eigenvalue weighted by molar-refractivity contribution is -0.384. The van der Waals surface area contributed by atoms with Crippen LogP contribution >= 0.6 is 0 Å². The SMILES string of the molecule is COc1ccccc1N1CCCC(NC(=O)c2cn(-c3cccc([N+](=O)[O-])c3)nn2)C1. The summed E-state index contributed by atoms with van der Waals surface area (Å²) in [6.45, 7) is 1.54. The predicted octanol–water partition coefficient (Wildman–Crippen LogP) is 2.58. The lowest BCUT2D eigenvalue weighted by atomic mass is 10.0. The third kappa shape index (κ3) is 4.47. The number of hydrogen-bond donors (Lipinski definition) is 1. The average molecular weight is 422 g/mol. The minimum absolute atomic E-state index is 0.0471. The van der Waals surface area contributed by atoms with Crippen LogP contribution in [0.1, 0.15) is 23.3 Å². The molecule has 31 heavy (non-hydrogen) atoms. The van der Waals surface area contributed by atoms with Crippen LogP contribution in [0.25, 0.3) is 5.69 Å². The number of nitrogens with one attached hydrogen (secondary N) is 1. The van der Waals surface area contributed by atoms with Gasteiger partial charge in [-0.15, -0.1) is 5.10 Å². The van der Waals surface area contributed by atoms with Gasteiger partial charge in [0.2, 0.25) is 0 Å². The van der Waals surface area contributed by atoms with Crippen molar-refractivity contribution in [1.82, 2.24) is 20.3 Å². The quantitative estimate of drug-likeness (QED) is 0.479. The number of aromatic nitrogens is 3. The van der Waals surface area contributed by atoms with E-state index >= 15 is 0 Å². The molecule has 4 rings (SSSR count). The average Bonchev–Trinajstić information content (AvgIpc) is 3.30. The van der Waals surface area contributed by atoms with E-state index in [1.165, 1.54) is 23.0 Å². The van der Waals surface area contributed by atoms with Crippen LogP contribution in [0.5, 0.6) is 5.75 Å². The Bertz CT molecular complexity index is 1100. The first-order valence-corrected chi connectivity index (χ1v) is 9.91. The Morgan fingerprint density at radius 1 is 1.26 bits per heavy atom. The molecule has 1 aromatic heterocycles. The number of amides is 1. The van der Waals surface area contributed by atoms with Gasteiger partial charge in [0.15, 0.2) is 5.69 Å². The second-order valence-corrected chi connectivity index (χ2v) is 7.26. The van der Waals surface area contributed by atoms with Gasteiger partial charge in [-0.3, -0.25) is 14.9 Å². The Hall–Kier alpha value is -3.95. The van der Waals surface area contributed by atoms with Crippen molar-refractivity contribution in [3.8, 4) is 11.4 Å². The highest BCUT2D eigenvalue weighted by Gasteiger charge is 2.24. The minimum Gasteiger partial charge on any atom is -0.495 e. The summed E-state index contributed by atoms with van der Waals surface area (Å²) >= 11 is 0. The lowest BCUT2D eigenvalue weighted by Gasteiger charge is -2.35. The molecule has 10 nitrogen and oxygen atoms in total. The third-order valence-electron chi connectivity index (χ3n) is 5.21. The highest BCUT2D eigenvalue weighted by Crippen LogP contribution is 2.30. The molecule has 1 aliphatic rings. The number of piperidine rings is 1. The van der Waals surface area contributed by atoms with Gasteiger partial charge in [0.25, 0.3) is 11.6 Å². The van der Waals surface area contributed by atoms with Gasteiger partial charge in [-0.05, 0) is 31.0 Å². The molecule has 1 amide bonds. The molecule has 1 atom stereocenters. The summed E-state index contributed by atoms with van der Waals surface area (Å²) in [5, 5.41) is 21.9. The zero-order chi connectivity index (χ0) is 21.8. The first-order valence-electron chi connectivity index (χ1n) is 9.91. The van der Waals surface area contributed by atoms with Crippen LogP contribution in [0.2, 0.25) is 0 Å². The molecule has 1 saturated heterocycles. The largest absolute Gasteiger partial charge is 0.495 e. The van der Waals surface area contributed by atoms with E-state index in [0.29, 0.717) is 12.2 Å². The minimum atomic E-state index is -0.482. The molecular weight excluding hydrogens is 400 g/mol. The monoisotopic (exact) mass is 422 g/mol. The van der Waals surface area contributed by atoms with Crippen LogP contribution in [-0.4, -0.2) is 52.1 Å². The zero-order valence-electron chi connectivity index (χ0n) is 17.0. The number of nitrogens with zero attached hydrogens (tertiary/aromatic N) is 5. The second kappa shape index (κ2) is 8.82. The van der Waals surface area contributed by atoms with Gasteiger partial charge < -0.3 is 15.0 Å². The first-order chi connectivity index (χ1) is 15.0. The maximum Gasteiger partial charge on any atom is 0.273 e. The first kappa shape index (κ1) is 20.3. The summed E-state index contributed by atoms with van der Waals surface area (Å²) in [7, 11) is 1.65. The van der Waals surface area contributed by atoms with Crippen molar-refractivity contribution in [2.45, 2.75) is 18.9 Å². The van der Waals surface area contributed by atoms with E-state index in [0.717, 1.165) is 30.8 Å². The normalized spacial score (nSPS) is 16.0. The smallest absolute Gasteiger partial charge is 0.273 e. The highest BCUT2D eigenvalue weighted by atomic mass is 16.6. The van der Waals surface area contributed by atoms with Crippen LogP contribution in [-0.2, 0) is 0 Å². The highest BCUT2D eigenvalue weighted by molar-refractivity contribution is 5.92. The Kier molecular flexibility index (Phi) is 5.78. The fourth-order valence-electron chi connectivity index (χ4n) is 3.71. The van der Waals surface area contributed by atoms with E-state index in [1.54, 1.807) is 19.2 Å². The van der Waals surface area contributed by atoms with Gasteiger partial charge in [-0.1, -0.05) is 23.4 Å². The molecule has 0 saturated carbocycles. The van der Waals surface area contributed by atoms with Gasteiger partial charge in [0.05, 0.1) is 29.6 Å². The van der Waals surface area contributed by atoms with Crippen molar-refractivity contribution >= 4 is 17.3 Å². The predicted molar refractivity (Wildman–Crippen MR) is 114 cm³/mol. The molecular formula is C21H22N6O4. The van der Waals surface area contributed by atoms with Gasteiger partial charge in [0, 0.05) is 31.3 Å². The Morgan fingerprint density at radius 3 is 2.90 bits per heavy atom. The molecule has 0 aliphatic carbocycles. The number of benzene rings is 2. The number of hydrogen-bond acceptors (Lipinski definition) is 7. The van der Waals surface area contributed by atoms with Crippen molar-refractivity contribution in [3.63, 3.8) is 0 Å². The second-order valence-electron chi connectivity index (χ2n) is 7.26. The van der Waals surface area contributed by atoms with E-state index in [-0.39, 0.29) is 23.3 Å². The fraction of sp³-hybridized carbons (Fsp3) is 0.286. The number of non-ortho nitro benzene ring substituents is 1. The van der Waals surface area contributed by atoms with Gasteiger partial charge >= 0.3 is 0 Å². The van der Waals surface area contributed by atoms with E-state index < -0.39 is 4.92 Å². The summed E-state index contributed by atoms with van der Waals surface area (Å²) in [5.74, 6) is 0.470. The molecule has 0 bridgehead atoms. The molecule has 1 unspecified atom stereocenters. The van der Waals surface area contributed by atoms with Crippen LogP contribution in [0, 0.1) is 10.1 Å². The number of rotatable bonds is 6. The molecule has 10 heteroatoms. The molecule has 3 aromatic rings. The van der Waals surface area contributed by atoms with E-state index in [4.69, 9.17) is 4.74 Å². The number of ether oxygens (including phenoxy) is 1. The van der Waals surface area contributed by atoms with Gasteiger partial charge in [-0.25, -0.2) is 4.68 Å². The van der Waals surface area contributed by atoms with Crippen molar-refractivity contribution in [2.75, 3.05) is 25.1 Å². The summed E-state index contributed by atoms with van der Waals surface area (Å²) < 4.78 is 6.81. The summed E-state index contributed by atoms with van der Waals surface area (Å²) in [5.41, 5.74) is 1.56. The molecule has 0 radical (unpaired) electrons.